The minimum atomic E-state index is -3.84. The third kappa shape index (κ3) is 2.71. The van der Waals surface area contributed by atoms with Crippen LogP contribution in [0.2, 0.25) is 0 Å². The number of hydrogen-bond donors (Lipinski definition) is 1. The Morgan fingerprint density at radius 3 is 2.43 bits per heavy atom. The lowest BCUT2D eigenvalue weighted by molar-refractivity contribution is 0.584. The van der Waals surface area contributed by atoms with Crippen molar-refractivity contribution in [2.24, 2.45) is 0 Å². The minimum absolute atomic E-state index is 0.0528. The molecule has 21 heavy (non-hydrogen) atoms. The van der Waals surface area contributed by atoms with Crippen molar-refractivity contribution < 1.29 is 12.8 Å². The van der Waals surface area contributed by atoms with Gasteiger partial charge in [-0.15, -0.1) is 0 Å². The summed E-state index contributed by atoms with van der Waals surface area (Å²) in [4.78, 5) is 3.64. The maximum atomic E-state index is 13.1. The molecule has 1 N–H and O–H groups in total. The second-order valence-corrected chi connectivity index (χ2v) is 6.08. The van der Waals surface area contributed by atoms with Crippen LogP contribution in [-0.4, -0.2) is 13.4 Å². The topological polar surface area (TPSA) is 59.1 Å². The molecule has 6 heteroatoms. The molecule has 0 aliphatic rings. The van der Waals surface area contributed by atoms with Gasteiger partial charge in [-0.2, -0.15) is 4.39 Å². The van der Waals surface area contributed by atoms with E-state index in [0.717, 1.165) is 11.5 Å². The van der Waals surface area contributed by atoms with E-state index in [4.69, 9.17) is 0 Å². The van der Waals surface area contributed by atoms with E-state index >= 15 is 0 Å². The van der Waals surface area contributed by atoms with E-state index in [1.54, 1.807) is 18.2 Å². The summed E-state index contributed by atoms with van der Waals surface area (Å²) >= 11 is 0. The van der Waals surface area contributed by atoms with E-state index in [-0.39, 0.29) is 10.7 Å². The molecule has 106 valence electrons. The number of nitrogens with one attached hydrogen (secondary N) is 1. The van der Waals surface area contributed by atoms with E-state index in [2.05, 4.69) is 9.71 Å². The Kier molecular flexibility index (Phi) is 3.31. The first kappa shape index (κ1) is 13.5. The van der Waals surface area contributed by atoms with Crippen molar-refractivity contribution in [3.63, 3.8) is 0 Å². The number of benzene rings is 2. The summed E-state index contributed by atoms with van der Waals surface area (Å²) in [5.41, 5.74) is 0. The molecule has 0 saturated heterocycles. The molecule has 0 amide bonds. The quantitative estimate of drug-likeness (QED) is 0.756. The molecule has 0 bridgehead atoms. The Bertz CT molecular complexity index is 905. The molecule has 0 saturated carbocycles. The van der Waals surface area contributed by atoms with Crippen molar-refractivity contribution in [1.82, 2.24) is 4.98 Å². The maximum absolute atomic E-state index is 13.1. The van der Waals surface area contributed by atoms with Crippen molar-refractivity contribution in [3.05, 3.63) is 66.6 Å². The number of pyridine rings is 1. The average molecular weight is 302 g/mol. The van der Waals surface area contributed by atoms with Crippen LogP contribution in [0.15, 0.2) is 65.6 Å². The van der Waals surface area contributed by atoms with Crippen LogP contribution in [0.4, 0.5) is 10.2 Å². The van der Waals surface area contributed by atoms with Gasteiger partial charge in [0.25, 0.3) is 10.0 Å². The van der Waals surface area contributed by atoms with Crippen LogP contribution >= 0.6 is 0 Å². The van der Waals surface area contributed by atoms with Gasteiger partial charge in [0.1, 0.15) is 5.82 Å². The number of hydrogen-bond acceptors (Lipinski definition) is 3. The average Bonchev–Trinajstić information content (AvgIpc) is 2.46. The van der Waals surface area contributed by atoms with Crippen LogP contribution < -0.4 is 4.72 Å². The molecule has 3 rings (SSSR count). The molecule has 1 aromatic heterocycles. The number of aromatic nitrogens is 1. The van der Waals surface area contributed by atoms with Crippen LogP contribution in [0.1, 0.15) is 0 Å². The van der Waals surface area contributed by atoms with Gasteiger partial charge in [0.2, 0.25) is 5.95 Å². The molecule has 0 aliphatic heterocycles. The molecule has 3 aromatic rings. The Morgan fingerprint density at radius 2 is 1.62 bits per heavy atom. The molecule has 0 unspecified atom stereocenters. The minimum Gasteiger partial charge on any atom is -0.263 e. The number of rotatable bonds is 3. The van der Waals surface area contributed by atoms with Crippen LogP contribution in [-0.2, 0) is 10.0 Å². The number of nitrogens with zero attached hydrogens (tertiary/aromatic N) is 1. The predicted molar refractivity (Wildman–Crippen MR) is 79.0 cm³/mol. The zero-order chi connectivity index (χ0) is 14.9. The Labute approximate surface area is 121 Å². The van der Waals surface area contributed by atoms with Gasteiger partial charge in [0, 0.05) is 5.39 Å². The third-order valence-electron chi connectivity index (χ3n) is 2.99. The molecular formula is C15H11FN2O2S. The van der Waals surface area contributed by atoms with Gasteiger partial charge < -0.3 is 0 Å². The lowest BCUT2D eigenvalue weighted by Gasteiger charge is -2.09. The zero-order valence-corrected chi connectivity index (χ0v) is 11.6. The number of halogens is 1. The van der Waals surface area contributed by atoms with Gasteiger partial charge in [0.05, 0.1) is 4.90 Å². The SMILES string of the molecule is O=S(=O)(Nc1cccc(F)n1)c1cccc2ccccc12. The van der Waals surface area contributed by atoms with Crippen LogP contribution in [0.25, 0.3) is 10.8 Å². The highest BCUT2D eigenvalue weighted by Crippen LogP contribution is 2.24. The summed E-state index contributed by atoms with van der Waals surface area (Å²) < 4.78 is 40.2. The van der Waals surface area contributed by atoms with Gasteiger partial charge >= 0.3 is 0 Å². The smallest absolute Gasteiger partial charge is 0.263 e. The van der Waals surface area contributed by atoms with Crippen LogP contribution in [0.5, 0.6) is 0 Å². The van der Waals surface area contributed by atoms with Gasteiger partial charge in [0.15, 0.2) is 0 Å². The predicted octanol–water partition coefficient (Wildman–Crippen LogP) is 3.17. The van der Waals surface area contributed by atoms with E-state index < -0.39 is 16.0 Å². The monoisotopic (exact) mass is 302 g/mol. The highest BCUT2D eigenvalue weighted by molar-refractivity contribution is 7.93. The molecule has 0 aliphatic carbocycles. The Morgan fingerprint density at radius 1 is 0.905 bits per heavy atom. The van der Waals surface area contributed by atoms with Crippen molar-refractivity contribution in [1.29, 1.82) is 0 Å². The lowest BCUT2D eigenvalue weighted by atomic mass is 10.1. The first-order valence-electron chi connectivity index (χ1n) is 6.19. The summed E-state index contributed by atoms with van der Waals surface area (Å²) in [7, 11) is -3.84. The summed E-state index contributed by atoms with van der Waals surface area (Å²) in [6.07, 6.45) is 0. The molecule has 0 spiro atoms. The largest absolute Gasteiger partial charge is 0.263 e. The Balaban J connectivity index is 2.09. The van der Waals surface area contributed by atoms with Gasteiger partial charge in [-0.05, 0) is 23.6 Å². The fourth-order valence-corrected chi connectivity index (χ4v) is 3.32. The molecule has 1 heterocycles. The van der Waals surface area contributed by atoms with Gasteiger partial charge in [-0.25, -0.2) is 13.4 Å². The zero-order valence-electron chi connectivity index (χ0n) is 10.8. The second kappa shape index (κ2) is 5.14. The van der Waals surface area contributed by atoms with Crippen LogP contribution in [0, 0.1) is 5.95 Å². The van der Waals surface area contributed by atoms with Gasteiger partial charge in [-0.3, -0.25) is 4.72 Å². The van der Waals surface area contributed by atoms with Crippen molar-refractivity contribution in [2.45, 2.75) is 4.90 Å². The molecular weight excluding hydrogens is 291 g/mol. The van der Waals surface area contributed by atoms with E-state index in [0.29, 0.717) is 5.39 Å². The van der Waals surface area contributed by atoms with E-state index in [9.17, 15) is 12.8 Å². The molecule has 4 nitrogen and oxygen atoms in total. The summed E-state index contributed by atoms with van der Waals surface area (Å²) in [5.74, 6) is -0.795. The lowest BCUT2D eigenvalue weighted by Crippen LogP contribution is -2.14. The molecule has 2 aromatic carbocycles. The van der Waals surface area contributed by atoms with Crippen LogP contribution in [0.3, 0.4) is 0 Å². The van der Waals surface area contributed by atoms with E-state index in [1.807, 2.05) is 18.2 Å². The highest BCUT2D eigenvalue weighted by Gasteiger charge is 2.17. The summed E-state index contributed by atoms with van der Waals surface area (Å²) in [6.45, 7) is 0. The maximum Gasteiger partial charge on any atom is 0.263 e. The van der Waals surface area contributed by atoms with Crippen molar-refractivity contribution >= 4 is 26.6 Å². The number of anilines is 1. The summed E-state index contributed by atoms with van der Waals surface area (Å²) in [6, 6.07) is 16.1. The molecule has 0 atom stereocenters. The number of sulfonamides is 1. The fraction of sp³-hybridized carbons (Fsp3) is 0. The highest BCUT2D eigenvalue weighted by atomic mass is 32.2. The Hall–Kier alpha value is -2.47. The normalized spacial score (nSPS) is 11.5. The summed E-state index contributed by atoms with van der Waals surface area (Å²) in [5, 5.41) is 1.41. The first-order chi connectivity index (χ1) is 10.1. The molecule has 0 fully saturated rings. The fourth-order valence-electron chi connectivity index (χ4n) is 2.09. The molecule has 0 radical (unpaired) electrons. The third-order valence-corrected chi connectivity index (χ3v) is 4.41. The number of fused-ring (bicyclic) bond motifs is 1. The van der Waals surface area contributed by atoms with Crippen molar-refractivity contribution in [3.8, 4) is 0 Å². The second-order valence-electron chi connectivity index (χ2n) is 4.43. The first-order valence-corrected chi connectivity index (χ1v) is 7.68. The van der Waals surface area contributed by atoms with Crippen molar-refractivity contribution in [2.75, 3.05) is 4.72 Å². The standard InChI is InChI=1S/C15H11FN2O2S/c16-14-9-4-10-15(17-14)18-21(19,20)13-8-3-6-11-5-1-2-7-12(11)13/h1-10H,(H,17,18). The van der Waals surface area contributed by atoms with Gasteiger partial charge in [-0.1, -0.05) is 42.5 Å². The van der Waals surface area contributed by atoms with E-state index in [1.165, 1.54) is 18.2 Å².